The molecule has 0 aromatic carbocycles. The van der Waals surface area contributed by atoms with Crippen molar-refractivity contribution in [1.29, 1.82) is 0 Å². The number of carbonyl (C=O) groups excluding carboxylic acids is 1. The van der Waals surface area contributed by atoms with Crippen LogP contribution in [0.3, 0.4) is 0 Å². The van der Waals surface area contributed by atoms with Gasteiger partial charge >= 0.3 is 5.97 Å². The third-order valence-electron chi connectivity index (χ3n) is 4.50. The summed E-state index contributed by atoms with van der Waals surface area (Å²) in [5, 5.41) is 5.74. The lowest BCUT2D eigenvalue weighted by Gasteiger charge is -2.29. The molecule has 0 fully saturated rings. The van der Waals surface area contributed by atoms with E-state index in [4.69, 9.17) is 4.74 Å². The average molecular weight is 434 g/mol. The summed E-state index contributed by atoms with van der Waals surface area (Å²) in [7, 11) is 0. The van der Waals surface area contributed by atoms with E-state index in [-0.39, 0.29) is 11.7 Å². The van der Waals surface area contributed by atoms with Crippen LogP contribution in [0.4, 0.5) is 5.82 Å². The first-order chi connectivity index (χ1) is 13.7. The molecule has 0 saturated carbocycles. The zero-order valence-electron chi connectivity index (χ0n) is 17.6. The van der Waals surface area contributed by atoms with Crippen molar-refractivity contribution >= 4 is 34.9 Å². The molecule has 6 nitrogen and oxygen atoms in total. The number of H-pyrrole nitrogens is 1. The second kappa shape index (κ2) is 8.75. The lowest BCUT2D eigenvalue weighted by Crippen LogP contribution is -2.31. The van der Waals surface area contributed by atoms with Crippen molar-refractivity contribution in [3.8, 4) is 0 Å². The number of aryl methyl sites for hydroxylation is 1. The number of carbonyl (C=O) groups is 1. The summed E-state index contributed by atoms with van der Waals surface area (Å²) in [5.74, 6) is 0.936. The van der Waals surface area contributed by atoms with Gasteiger partial charge in [-0.1, -0.05) is 25.6 Å². The second-order valence-electron chi connectivity index (χ2n) is 7.86. The Morgan fingerprint density at radius 3 is 2.62 bits per heavy atom. The topological polar surface area (TPSA) is 84.1 Å². The molecule has 0 radical (unpaired) electrons. The molecule has 2 aromatic rings. The Morgan fingerprint density at radius 2 is 2.03 bits per heavy atom. The number of aromatic nitrogens is 2. The molecule has 0 bridgehead atoms. The minimum absolute atomic E-state index is 0.228. The average Bonchev–Trinajstić information content (AvgIpc) is 3.03. The van der Waals surface area contributed by atoms with Crippen molar-refractivity contribution in [2.45, 2.75) is 58.7 Å². The van der Waals surface area contributed by atoms with E-state index in [1.54, 1.807) is 0 Å². The predicted octanol–water partition coefficient (Wildman–Crippen LogP) is 4.67. The molecule has 3 heterocycles. The Kier molecular flexibility index (Phi) is 6.53. The highest BCUT2D eigenvalue weighted by atomic mass is 32.2. The summed E-state index contributed by atoms with van der Waals surface area (Å²) in [4.78, 5) is 34.6. The van der Waals surface area contributed by atoms with E-state index in [0.717, 1.165) is 16.2 Å². The zero-order chi connectivity index (χ0) is 21.3. The number of thiophene rings is 1. The predicted molar refractivity (Wildman–Crippen MR) is 119 cm³/mol. The second-order valence-corrected chi connectivity index (χ2v) is 9.81. The fraction of sp³-hybridized carbons (Fsp3) is 0.476. The smallest absolute Gasteiger partial charge is 0.337 e. The molecule has 29 heavy (non-hydrogen) atoms. The van der Waals surface area contributed by atoms with Crippen molar-refractivity contribution in [3.63, 3.8) is 0 Å². The molecule has 8 heteroatoms. The molecular formula is C21H27N3O3S2. The molecule has 0 aliphatic carbocycles. The number of hydrogen-bond acceptors (Lipinski definition) is 7. The molecule has 2 aromatic heterocycles. The van der Waals surface area contributed by atoms with Crippen LogP contribution in [-0.4, -0.2) is 27.8 Å². The molecule has 1 atom stereocenters. The molecule has 156 valence electrons. The van der Waals surface area contributed by atoms with Crippen molar-refractivity contribution in [2.75, 3.05) is 11.1 Å². The SMILES string of the molecule is CC1=C(C(=O)OC(C)C)C(c2sccc2C)c2c(nc(SCC(C)C)[nH]c2=O)N1. The van der Waals surface area contributed by atoms with Crippen LogP contribution in [0.25, 0.3) is 0 Å². The Balaban J connectivity index is 2.14. The van der Waals surface area contributed by atoms with Gasteiger partial charge in [-0.25, -0.2) is 9.78 Å². The van der Waals surface area contributed by atoms with Crippen LogP contribution in [0.15, 0.2) is 32.7 Å². The van der Waals surface area contributed by atoms with E-state index >= 15 is 0 Å². The van der Waals surface area contributed by atoms with Crippen LogP contribution in [0.1, 0.15) is 56.5 Å². The normalized spacial score (nSPS) is 16.2. The Morgan fingerprint density at radius 1 is 1.31 bits per heavy atom. The number of aromatic amines is 1. The lowest BCUT2D eigenvalue weighted by molar-refractivity contribution is -0.142. The van der Waals surface area contributed by atoms with Gasteiger partial charge in [0.05, 0.1) is 23.2 Å². The highest BCUT2D eigenvalue weighted by Gasteiger charge is 2.38. The summed E-state index contributed by atoms with van der Waals surface area (Å²) >= 11 is 3.06. The van der Waals surface area contributed by atoms with Crippen molar-refractivity contribution in [2.24, 2.45) is 5.92 Å². The maximum Gasteiger partial charge on any atom is 0.337 e. The van der Waals surface area contributed by atoms with Crippen LogP contribution in [-0.2, 0) is 9.53 Å². The minimum atomic E-state index is -0.502. The largest absolute Gasteiger partial charge is 0.460 e. The van der Waals surface area contributed by atoms with E-state index in [2.05, 4.69) is 29.1 Å². The molecule has 2 N–H and O–H groups in total. The molecular weight excluding hydrogens is 406 g/mol. The number of hydrogen-bond donors (Lipinski definition) is 2. The maximum atomic E-state index is 13.1. The quantitative estimate of drug-likeness (QED) is 0.391. The van der Waals surface area contributed by atoms with Gasteiger partial charge in [0.15, 0.2) is 5.16 Å². The molecule has 0 amide bonds. The van der Waals surface area contributed by atoms with Crippen LogP contribution >= 0.6 is 23.1 Å². The molecule has 1 unspecified atom stereocenters. The zero-order valence-corrected chi connectivity index (χ0v) is 19.2. The molecule has 0 spiro atoms. The fourth-order valence-corrected chi connectivity index (χ4v) is 5.09. The number of anilines is 1. The lowest BCUT2D eigenvalue weighted by atomic mass is 9.85. The first-order valence-corrected chi connectivity index (χ1v) is 11.5. The number of thioether (sulfide) groups is 1. The number of fused-ring (bicyclic) bond motifs is 1. The van der Waals surface area contributed by atoms with Gasteiger partial charge in [0.2, 0.25) is 0 Å². The van der Waals surface area contributed by atoms with Crippen molar-refractivity contribution < 1.29 is 9.53 Å². The fourth-order valence-electron chi connectivity index (χ4n) is 3.24. The van der Waals surface area contributed by atoms with Crippen LogP contribution in [0.5, 0.6) is 0 Å². The van der Waals surface area contributed by atoms with E-state index in [0.29, 0.717) is 33.7 Å². The summed E-state index contributed by atoms with van der Waals surface area (Å²) < 4.78 is 5.50. The molecule has 1 aliphatic rings. The monoisotopic (exact) mass is 433 g/mol. The maximum absolute atomic E-state index is 13.1. The first kappa shape index (κ1) is 21.6. The summed E-state index contributed by atoms with van der Waals surface area (Å²) in [6, 6.07) is 2.00. The molecule has 1 aliphatic heterocycles. The van der Waals surface area contributed by atoms with Gasteiger partial charge in [0, 0.05) is 16.3 Å². The van der Waals surface area contributed by atoms with Crippen LogP contribution in [0, 0.1) is 12.8 Å². The summed E-state index contributed by atoms with van der Waals surface area (Å²) in [6.45, 7) is 11.7. The van der Waals surface area contributed by atoms with Crippen LogP contribution in [0.2, 0.25) is 0 Å². The van der Waals surface area contributed by atoms with Gasteiger partial charge in [-0.3, -0.25) is 4.79 Å². The highest BCUT2D eigenvalue weighted by Crippen LogP contribution is 2.43. The first-order valence-electron chi connectivity index (χ1n) is 9.68. The third-order valence-corrected chi connectivity index (χ3v) is 6.88. The van der Waals surface area contributed by atoms with Gasteiger partial charge in [0.1, 0.15) is 5.82 Å². The minimum Gasteiger partial charge on any atom is -0.460 e. The highest BCUT2D eigenvalue weighted by molar-refractivity contribution is 7.99. The van der Waals surface area contributed by atoms with E-state index in [1.165, 1.54) is 23.1 Å². The number of allylic oxidation sites excluding steroid dienone is 1. The van der Waals surface area contributed by atoms with Gasteiger partial charge in [0.25, 0.3) is 5.56 Å². The van der Waals surface area contributed by atoms with Gasteiger partial charge < -0.3 is 15.0 Å². The standard InChI is InChI=1S/C21H27N3O3S2/c1-10(2)9-29-21-23-18-16(19(25)24-21)15(17-12(5)7-8-28-17)14(13(6)22-18)20(26)27-11(3)4/h7-8,10-11,15H,9H2,1-6H3,(H2,22,23,24,25). The van der Waals surface area contributed by atoms with Gasteiger partial charge in [-0.2, -0.15) is 0 Å². The number of ether oxygens (including phenoxy) is 1. The summed E-state index contributed by atoms with van der Waals surface area (Å²) in [5.41, 5.74) is 2.40. The number of nitrogens with zero attached hydrogens (tertiary/aromatic N) is 1. The molecule has 0 saturated heterocycles. The number of rotatable bonds is 6. The Hall–Kier alpha value is -2.06. The van der Waals surface area contributed by atoms with E-state index in [1.807, 2.05) is 39.1 Å². The van der Waals surface area contributed by atoms with Crippen molar-refractivity contribution in [1.82, 2.24) is 9.97 Å². The van der Waals surface area contributed by atoms with Crippen LogP contribution < -0.4 is 10.9 Å². The van der Waals surface area contributed by atoms with E-state index in [9.17, 15) is 9.59 Å². The van der Waals surface area contributed by atoms with Crippen molar-refractivity contribution in [3.05, 3.63) is 49.1 Å². The Bertz CT molecular complexity index is 1000. The van der Waals surface area contributed by atoms with Gasteiger partial charge in [-0.05, 0) is 50.6 Å². The Labute approximate surface area is 179 Å². The third kappa shape index (κ3) is 4.59. The molecule has 3 rings (SSSR count). The summed E-state index contributed by atoms with van der Waals surface area (Å²) in [6.07, 6.45) is -0.250. The van der Waals surface area contributed by atoms with E-state index < -0.39 is 11.9 Å². The number of esters is 1. The van der Waals surface area contributed by atoms with Gasteiger partial charge in [-0.15, -0.1) is 11.3 Å². The number of nitrogens with one attached hydrogen (secondary N) is 2.